The normalized spacial score (nSPS) is 9.83. The topological polar surface area (TPSA) is 26.0 Å². The highest BCUT2D eigenvalue weighted by Gasteiger charge is 2.00. The third kappa shape index (κ3) is 2.05. The molecule has 1 nitrogen and oxygen atoms in total. The van der Waals surface area contributed by atoms with Crippen molar-refractivity contribution in [3.8, 4) is 0 Å². The van der Waals surface area contributed by atoms with Crippen LogP contribution in [0.5, 0.6) is 0 Å². The quantitative estimate of drug-likeness (QED) is 0.704. The lowest BCUT2D eigenvalue weighted by Crippen LogP contribution is -2.12. The second-order valence-electron chi connectivity index (χ2n) is 3.00. The van der Waals surface area contributed by atoms with Gasteiger partial charge >= 0.3 is 0 Å². The summed E-state index contributed by atoms with van der Waals surface area (Å²) < 4.78 is 0. The van der Waals surface area contributed by atoms with Crippen molar-refractivity contribution in [2.45, 2.75) is 20.3 Å². The van der Waals surface area contributed by atoms with E-state index in [1.54, 1.807) is 0 Å². The molecule has 0 bridgehead atoms. The van der Waals surface area contributed by atoms with Crippen LogP contribution in [0.2, 0.25) is 0 Å². The van der Waals surface area contributed by atoms with E-state index in [2.05, 4.69) is 26.0 Å². The Hall–Kier alpha value is -0.890. The van der Waals surface area contributed by atoms with Gasteiger partial charge in [0.05, 0.1) is 4.99 Å². The van der Waals surface area contributed by atoms with Gasteiger partial charge < -0.3 is 5.73 Å². The minimum atomic E-state index is 0.559. The summed E-state index contributed by atoms with van der Waals surface area (Å²) in [5, 5.41) is 0. The number of hydrogen-bond acceptors (Lipinski definition) is 1. The summed E-state index contributed by atoms with van der Waals surface area (Å²) in [5.41, 5.74) is 9.31. The third-order valence-electron chi connectivity index (χ3n) is 2.08. The van der Waals surface area contributed by atoms with E-state index < -0.39 is 0 Å². The molecule has 0 fully saturated rings. The van der Waals surface area contributed by atoms with E-state index in [4.69, 9.17) is 18.0 Å². The zero-order valence-corrected chi connectivity index (χ0v) is 8.24. The second kappa shape index (κ2) is 3.68. The molecule has 0 aliphatic carbocycles. The van der Waals surface area contributed by atoms with E-state index in [1.165, 1.54) is 16.7 Å². The van der Waals surface area contributed by atoms with E-state index in [-0.39, 0.29) is 0 Å². The number of nitrogens with two attached hydrogens (primary N) is 1. The molecule has 0 radical (unpaired) electrons. The summed E-state index contributed by atoms with van der Waals surface area (Å²) in [7, 11) is 0. The first-order chi connectivity index (χ1) is 5.61. The lowest BCUT2D eigenvalue weighted by atomic mass is 10.0. The van der Waals surface area contributed by atoms with Crippen LogP contribution in [0.25, 0.3) is 0 Å². The highest BCUT2D eigenvalue weighted by Crippen LogP contribution is 2.12. The van der Waals surface area contributed by atoms with Gasteiger partial charge in [-0.25, -0.2) is 0 Å². The first-order valence-corrected chi connectivity index (χ1v) is 4.35. The fraction of sp³-hybridized carbons (Fsp3) is 0.300. The van der Waals surface area contributed by atoms with Gasteiger partial charge in [-0.15, -0.1) is 0 Å². The van der Waals surface area contributed by atoms with Gasteiger partial charge in [0.25, 0.3) is 0 Å². The minimum absolute atomic E-state index is 0.559. The molecule has 0 spiro atoms. The van der Waals surface area contributed by atoms with E-state index in [0.29, 0.717) is 11.4 Å². The number of aryl methyl sites for hydroxylation is 1. The Morgan fingerprint density at radius 1 is 1.42 bits per heavy atom. The Bertz CT molecular complexity index is 305. The predicted octanol–water partition coefficient (Wildman–Crippen LogP) is 2.13. The maximum atomic E-state index is 5.47. The maximum absolute atomic E-state index is 5.47. The van der Waals surface area contributed by atoms with Gasteiger partial charge in [0.2, 0.25) is 0 Å². The summed E-state index contributed by atoms with van der Waals surface area (Å²) in [6.45, 7) is 4.20. The second-order valence-corrected chi connectivity index (χ2v) is 3.53. The van der Waals surface area contributed by atoms with Crippen LogP contribution in [-0.2, 0) is 6.42 Å². The third-order valence-corrected chi connectivity index (χ3v) is 2.23. The average molecular weight is 179 g/mol. The summed E-state index contributed by atoms with van der Waals surface area (Å²) in [6.07, 6.45) is 0.711. The molecule has 0 unspecified atom stereocenters. The molecule has 64 valence electrons. The number of thiocarbonyl (C=S) groups is 1. The Kier molecular flexibility index (Phi) is 2.82. The van der Waals surface area contributed by atoms with E-state index >= 15 is 0 Å². The Morgan fingerprint density at radius 2 is 2.08 bits per heavy atom. The molecule has 0 saturated carbocycles. The molecule has 0 aliphatic heterocycles. The molecule has 0 heterocycles. The monoisotopic (exact) mass is 179 g/mol. The molecular weight excluding hydrogens is 166 g/mol. The van der Waals surface area contributed by atoms with Crippen molar-refractivity contribution < 1.29 is 0 Å². The summed E-state index contributed by atoms with van der Waals surface area (Å²) in [4.78, 5) is 0.559. The average Bonchev–Trinajstić information content (AvgIpc) is 1.98. The number of hydrogen-bond donors (Lipinski definition) is 1. The summed E-state index contributed by atoms with van der Waals surface area (Å²) in [6, 6.07) is 6.20. The molecule has 0 aliphatic rings. The van der Waals surface area contributed by atoms with Gasteiger partial charge in [-0.1, -0.05) is 30.4 Å². The van der Waals surface area contributed by atoms with Crippen molar-refractivity contribution in [3.05, 3.63) is 34.9 Å². The van der Waals surface area contributed by atoms with Crippen LogP contribution in [0.15, 0.2) is 18.2 Å². The van der Waals surface area contributed by atoms with Gasteiger partial charge in [0.1, 0.15) is 0 Å². The van der Waals surface area contributed by atoms with Crippen molar-refractivity contribution >= 4 is 17.2 Å². The van der Waals surface area contributed by atoms with E-state index in [1.807, 2.05) is 6.07 Å². The molecule has 0 amide bonds. The van der Waals surface area contributed by atoms with Gasteiger partial charge in [0, 0.05) is 6.42 Å². The van der Waals surface area contributed by atoms with Gasteiger partial charge in [-0.05, 0) is 30.5 Å². The van der Waals surface area contributed by atoms with Crippen molar-refractivity contribution in [2.24, 2.45) is 5.73 Å². The first kappa shape index (κ1) is 9.20. The van der Waals surface area contributed by atoms with Crippen molar-refractivity contribution in [2.75, 3.05) is 0 Å². The predicted molar refractivity (Wildman–Crippen MR) is 56.4 cm³/mol. The standard InChI is InChI=1S/C10H13NS/c1-7-4-3-5-9(8(7)2)6-10(11)12/h3-5H,6H2,1-2H3,(H2,11,12). The molecule has 2 heteroatoms. The zero-order valence-electron chi connectivity index (χ0n) is 7.42. The SMILES string of the molecule is Cc1cccc(CC(N)=S)c1C. The van der Waals surface area contributed by atoms with Crippen molar-refractivity contribution in [3.63, 3.8) is 0 Å². The minimum Gasteiger partial charge on any atom is -0.393 e. The molecule has 0 atom stereocenters. The summed E-state index contributed by atoms with van der Waals surface area (Å²) in [5.74, 6) is 0. The molecule has 12 heavy (non-hydrogen) atoms. The first-order valence-electron chi connectivity index (χ1n) is 3.94. The van der Waals surface area contributed by atoms with Crippen molar-refractivity contribution in [1.82, 2.24) is 0 Å². The van der Waals surface area contributed by atoms with E-state index in [9.17, 15) is 0 Å². The Labute approximate surface area is 78.6 Å². The Balaban J connectivity index is 3.00. The molecule has 2 N–H and O–H groups in total. The Morgan fingerprint density at radius 3 is 2.67 bits per heavy atom. The van der Waals surface area contributed by atoms with Crippen LogP contribution in [0, 0.1) is 13.8 Å². The molecular formula is C10H13NS. The molecule has 0 aromatic heterocycles. The largest absolute Gasteiger partial charge is 0.393 e. The van der Waals surface area contributed by atoms with Crippen LogP contribution in [0.4, 0.5) is 0 Å². The highest BCUT2D eigenvalue weighted by molar-refractivity contribution is 7.80. The highest BCUT2D eigenvalue weighted by atomic mass is 32.1. The number of rotatable bonds is 2. The van der Waals surface area contributed by atoms with E-state index in [0.717, 1.165) is 0 Å². The maximum Gasteiger partial charge on any atom is 0.0771 e. The van der Waals surface area contributed by atoms with Gasteiger partial charge in [-0.3, -0.25) is 0 Å². The fourth-order valence-corrected chi connectivity index (χ4v) is 1.35. The zero-order chi connectivity index (χ0) is 9.14. The van der Waals surface area contributed by atoms with Crippen LogP contribution >= 0.6 is 12.2 Å². The molecule has 1 rings (SSSR count). The molecule has 1 aromatic carbocycles. The number of benzene rings is 1. The van der Waals surface area contributed by atoms with Gasteiger partial charge in [-0.2, -0.15) is 0 Å². The van der Waals surface area contributed by atoms with Crippen LogP contribution < -0.4 is 5.73 Å². The summed E-state index contributed by atoms with van der Waals surface area (Å²) >= 11 is 4.86. The van der Waals surface area contributed by atoms with Crippen LogP contribution in [0.3, 0.4) is 0 Å². The lowest BCUT2D eigenvalue weighted by molar-refractivity contribution is 1.21. The van der Waals surface area contributed by atoms with Crippen LogP contribution in [-0.4, -0.2) is 4.99 Å². The fourth-order valence-electron chi connectivity index (χ4n) is 1.19. The molecule has 0 saturated heterocycles. The molecule has 1 aromatic rings. The van der Waals surface area contributed by atoms with Crippen molar-refractivity contribution in [1.29, 1.82) is 0 Å². The smallest absolute Gasteiger partial charge is 0.0771 e. The van der Waals surface area contributed by atoms with Gasteiger partial charge in [0.15, 0.2) is 0 Å². The lowest BCUT2D eigenvalue weighted by Gasteiger charge is -2.06. The van der Waals surface area contributed by atoms with Crippen LogP contribution in [0.1, 0.15) is 16.7 Å².